The number of methoxy groups -OCH3 is 1. The Bertz CT molecular complexity index is 820. The molecule has 6 nitrogen and oxygen atoms in total. The SMILES string of the molecule is COc1cccc(CNC(=O)Nc2ccc(N3CC(C)OC(C)C3)c(F)c2)c1. The number of hydrogen-bond donors (Lipinski definition) is 2. The maximum atomic E-state index is 14.6. The maximum Gasteiger partial charge on any atom is 0.319 e. The molecule has 2 amide bonds. The van der Waals surface area contributed by atoms with Crippen molar-refractivity contribution in [2.45, 2.75) is 32.6 Å². The van der Waals surface area contributed by atoms with E-state index >= 15 is 0 Å². The summed E-state index contributed by atoms with van der Waals surface area (Å²) < 4.78 is 25.5. The zero-order valence-electron chi connectivity index (χ0n) is 16.4. The molecule has 0 radical (unpaired) electrons. The number of urea groups is 1. The summed E-state index contributed by atoms with van der Waals surface area (Å²) in [4.78, 5) is 14.1. The second-order valence-electron chi connectivity index (χ2n) is 6.99. The van der Waals surface area contributed by atoms with Crippen LogP contribution < -0.4 is 20.3 Å². The average molecular weight is 387 g/mol. The lowest BCUT2D eigenvalue weighted by Crippen LogP contribution is -2.45. The lowest BCUT2D eigenvalue weighted by molar-refractivity contribution is -0.00539. The van der Waals surface area contributed by atoms with E-state index in [9.17, 15) is 9.18 Å². The number of rotatable bonds is 5. The fraction of sp³-hybridized carbons (Fsp3) is 0.381. The lowest BCUT2D eigenvalue weighted by atomic mass is 10.2. The third-order valence-electron chi connectivity index (χ3n) is 4.55. The van der Waals surface area contributed by atoms with E-state index in [4.69, 9.17) is 9.47 Å². The molecule has 2 unspecified atom stereocenters. The van der Waals surface area contributed by atoms with Gasteiger partial charge in [-0.2, -0.15) is 0 Å². The van der Waals surface area contributed by atoms with Crippen LogP contribution in [0.3, 0.4) is 0 Å². The number of benzene rings is 2. The summed E-state index contributed by atoms with van der Waals surface area (Å²) >= 11 is 0. The summed E-state index contributed by atoms with van der Waals surface area (Å²) in [5, 5.41) is 5.42. The van der Waals surface area contributed by atoms with Crippen molar-refractivity contribution in [3.8, 4) is 5.75 Å². The van der Waals surface area contributed by atoms with Gasteiger partial charge in [0, 0.05) is 25.3 Å². The van der Waals surface area contributed by atoms with Crippen LogP contribution in [0.1, 0.15) is 19.4 Å². The molecule has 0 saturated carbocycles. The molecule has 1 aliphatic heterocycles. The third-order valence-corrected chi connectivity index (χ3v) is 4.55. The van der Waals surface area contributed by atoms with E-state index in [-0.39, 0.29) is 18.0 Å². The fourth-order valence-electron chi connectivity index (χ4n) is 3.36. The second-order valence-corrected chi connectivity index (χ2v) is 6.99. The van der Waals surface area contributed by atoms with Crippen molar-refractivity contribution in [1.82, 2.24) is 5.32 Å². The Balaban J connectivity index is 1.58. The molecule has 1 aliphatic rings. The van der Waals surface area contributed by atoms with Gasteiger partial charge in [0.15, 0.2) is 0 Å². The maximum absolute atomic E-state index is 14.6. The van der Waals surface area contributed by atoms with E-state index in [1.807, 2.05) is 43.0 Å². The minimum Gasteiger partial charge on any atom is -0.497 e. The molecule has 2 N–H and O–H groups in total. The van der Waals surface area contributed by atoms with Crippen molar-refractivity contribution in [2.24, 2.45) is 0 Å². The Labute approximate surface area is 164 Å². The van der Waals surface area contributed by atoms with E-state index in [0.717, 1.165) is 11.3 Å². The van der Waals surface area contributed by atoms with Gasteiger partial charge in [0.25, 0.3) is 0 Å². The molecule has 2 aromatic rings. The molecule has 0 aliphatic carbocycles. The number of carbonyl (C=O) groups is 1. The summed E-state index contributed by atoms with van der Waals surface area (Å²) in [6, 6.07) is 11.8. The molecule has 2 atom stereocenters. The molecule has 3 rings (SSSR count). The van der Waals surface area contributed by atoms with Crippen molar-refractivity contribution < 1.29 is 18.7 Å². The van der Waals surface area contributed by atoms with Crippen LogP contribution in [0.4, 0.5) is 20.6 Å². The van der Waals surface area contributed by atoms with Gasteiger partial charge >= 0.3 is 6.03 Å². The van der Waals surface area contributed by atoms with Crippen molar-refractivity contribution in [1.29, 1.82) is 0 Å². The van der Waals surface area contributed by atoms with Crippen LogP contribution in [0.2, 0.25) is 0 Å². The molecule has 7 heteroatoms. The number of morpholine rings is 1. The fourth-order valence-corrected chi connectivity index (χ4v) is 3.36. The topological polar surface area (TPSA) is 62.8 Å². The number of ether oxygens (including phenoxy) is 2. The van der Waals surface area contributed by atoms with Gasteiger partial charge in [-0.3, -0.25) is 0 Å². The first kappa shape index (κ1) is 19.9. The van der Waals surface area contributed by atoms with Crippen LogP contribution >= 0.6 is 0 Å². The Morgan fingerprint density at radius 1 is 1.21 bits per heavy atom. The van der Waals surface area contributed by atoms with Crippen LogP contribution in [0.5, 0.6) is 5.75 Å². The molecule has 0 bridgehead atoms. The highest BCUT2D eigenvalue weighted by atomic mass is 19.1. The lowest BCUT2D eigenvalue weighted by Gasteiger charge is -2.37. The molecular formula is C21H26FN3O3. The summed E-state index contributed by atoms with van der Waals surface area (Å²) in [6.45, 7) is 5.56. The second kappa shape index (κ2) is 8.93. The molecule has 28 heavy (non-hydrogen) atoms. The van der Waals surface area contributed by atoms with E-state index < -0.39 is 6.03 Å². The quantitative estimate of drug-likeness (QED) is 0.820. The highest BCUT2D eigenvalue weighted by Gasteiger charge is 2.24. The molecule has 1 fully saturated rings. The highest BCUT2D eigenvalue weighted by molar-refractivity contribution is 5.89. The summed E-state index contributed by atoms with van der Waals surface area (Å²) in [5.41, 5.74) is 1.83. The zero-order valence-corrected chi connectivity index (χ0v) is 16.4. The molecule has 2 aromatic carbocycles. The van der Waals surface area contributed by atoms with E-state index in [1.54, 1.807) is 19.2 Å². The van der Waals surface area contributed by atoms with Crippen molar-refractivity contribution in [3.63, 3.8) is 0 Å². The van der Waals surface area contributed by atoms with Crippen LogP contribution in [-0.2, 0) is 11.3 Å². The van der Waals surface area contributed by atoms with Gasteiger partial charge in [-0.15, -0.1) is 0 Å². The van der Waals surface area contributed by atoms with Crippen molar-refractivity contribution in [2.75, 3.05) is 30.4 Å². The van der Waals surface area contributed by atoms with Crippen molar-refractivity contribution >= 4 is 17.4 Å². The monoisotopic (exact) mass is 387 g/mol. The van der Waals surface area contributed by atoms with E-state index in [2.05, 4.69) is 10.6 Å². The smallest absolute Gasteiger partial charge is 0.319 e. The number of anilines is 2. The van der Waals surface area contributed by atoms with Gasteiger partial charge in [-0.25, -0.2) is 9.18 Å². The van der Waals surface area contributed by atoms with Gasteiger partial charge in [0.05, 0.1) is 25.0 Å². The molecule has 1 saturated heterocycles. The molecule has 1 heterocycles. The van der Waals surface area contributed by atoms with Crippen LogP contribution in [0, 0.1) is 5.82 Å². The number of carbonyl (C=O) groups excluding carboxylic acids is 1. The predicted octanol–water partition coefficient (Wildman–Crippen LogP) is 3.77. The van der Waals surface area contributed by atoms with Gasteiger partial charge in [-0.05, 0) is 49.7 Å². The van der Waals surface area contributed by atoms with Crippen LogP contribution in [0.15, 0.2) is 42.5 Å². The van der Waals surface area contributed by atoms with Gasteiger partial charge in [0.1, 0.15) is 11.6 Å². The van der Waals surface area contributed by atoms with Gasteiger partial charge < -0.3 is 25.0 Å². The number of nitrogens with one attached hydrogen (secondary N) is 2. The normalized spacial score (nSPS) is 19.2. The number of halogens is 1. The Morgan fingerprint density at radius 3 is 2.64 bits per heavy atom. The minimum absolute atomic E-state index is 0.0448. The minimum atomic E-state index is -0.399. The van der Waals surface area contributed by atoms with Gasteiger partial charge in [0.2, 0.25) is 0 Å². The first-order chi connectivity index (χ1) is 13.4. The highest BCUT2D eigenvalue weighted by Crippen LogP contribution is 2.26. The van der Waals surface area contributed by atoms with Crippen molar-refractivity contribution in [3.05, 3.63) is 53.8 Å². The van der Waals surface area contributed by atoms with Crippen LogP contribution in [-0.4, -0.2) is 38.4 Å². The standard InChI is InChI=1S/C21H26FN3O3/c1-14-12-25(13-15(2)28-14)20-8-7-17(10-19(20)22)24-21(26)23-11-16-5-4-6-18(9-16)27-3/h4-10,14-15H,11-13H2,1-3H3,(H2,23,24,26). The van der Waals surface area contributed by atoms with E-state index in [1.165, 1.54) is 6.07 Å². The largest absolute Gasteiger partial charge is 0.497 e. The summed E-state index contributed by atoms with van der Waals surface area (Å²) in [7, 11) is 1.59. The zero-order chi connectivity index (χ0) is 20.1. The van der Waals surface area contributed by atoms with Gasteiger partial charge in [-0.1, -0.05) is 12.1 Å². The molecule has 0 aromatic heterocycles. The molecule has 0 spiro atoms. The number of hydrogen-bond acceptors (Lipinski definition) is 4. The first-order valence-corrected chi connectivity index (χ1v) is 9.32. The number of amides is 2. The predicted molar refractivity (Wildman–Crippen MR) is 107 cm³/mol. The number of nitrogens with zero attached hydrogens (tertiary/aromatic N) is 1. The van der Waals surface area contributed by atoms with Crippen LogP contribution in [0.25, 0.3) is 0 Å². The Kier molecular flexibility index (Phi) is 6.36. The average Bonchev–Trinajstić information content (AvgIpc) is 2.66. The Hall–Kier alpha value is -2.80. The third kappa shape index (κ3) is 5.13. The Morgan fingerprint density at radius 2 is 1.96 bits per heavy atom. The summed E-state index contributed by atoms with van der Waals surface area (Å²) in [5.74, 6) is 0.357. The molecular weight excluding hydrogens is 361 g/mol. The first-order valence-electron chi connectivity index (χ1n) is 9.32. The molecule has 150 valence electrons. The summed E-state index contributed by atoms with van der Waals surface area (Å²) in [6.07, 6.45) is 0.0895. The van der Waals surface area contributed by atoms with E-state index in [0.29, 0.717) is 31.0 Å².